The van der Waals surface area contributed by atoms with Crippen molar-refractivity contribution < 1.29 is 19.4 Å². The second-order valence-electron chi connectivity index (χ2n) is 8.21. The largest absolute Gasteiger partial charge is 0.505 e. The predicted molar refractivity (Wildman–Crippen MR) is 129 cm³/mol. The van der Waals surface area contributed by atoms with Crippen molar-refractivity contribution in [1.82, 2.24) is 10.3 Å². The number of nitrogens with zero attached hydrogens (tertiary/aromatic N) is 1. The van der Waals surface area contributed by atoms with Gasteiger partial charge in [-0.25, -0.2) is 4.98 Å². The first-order valence-corrected chi connectivity index (χ1v) is 12.4. The van der Waals surface area contributed by atoms with Crippen LogP contribution in [0, 0.1) is 0 Å². The van der Waals surface area contributed by atoms with Gasteiger partial charge in [-0.05, 0) is 44.2 Å². The summed E-state index contributed by atoms with van der Waals surface area (Å²) in [4.78, 5) is 27.3. The molecule has 1 heterocycles. The summed E-state index contributed by atoms with van der Waals surface area (Å²) < 4.78 is 5.13. The van der Waals surface area contributed by atoms with Crippen LogP contribution in [-0.2, 0) is 9.53 Å². The topological polar surface area (TPSA) is 88.5 Å². The Morgan fingerprint density at radius 2 is 1.53 bits per heavy atom. The second kappa shape index (κ2) is 19.3. The molecule has 0 radical (unpaired) electrons. The summed E-state index contributed by atoms with van der Waals surface area (Å²) in [6, 6.07) is 2.89. The third kappa shape index (κ3) is 14.6. The van der Waals surface area contributed by atoms with E-state index in [0.717, 1.165) is 19.3 Å². The van der Waals surface area contributed by atoms with Crippen LogP contribution in [0.3, 0.4) is 0 Å². The van der Waals surface area contributed by atoms with Crippen molar-refractivity contribution >= 4 is 11.9 Å². The summed E-state index contributed by atoms with van der Waals surface area (Å²) in [5, 5.41) is 12.0. The number of ether oxygens (including phenoxy) is 1. The number of hydrogen-bond donors (Lipinski definition) is 2. The van der Waals surface area contributed by atoms with Gasteiger partial charge in [0.15, 0.2) is 5.69 Å². The molecule has 1 aromatic rings. The smallest absolute Gasteiger partial charge is 0.325 e. The van der Waals surface area contributed by atoms with Crippen molar-refractivity contribution in [3.63, 3.8) is 0 Å². The summed E-state index contributed by atoms with van der Waals surface area (Å²) in [5.74, 6) is -1.30. The maximum absolute atomic E-state index is 11.9. The van der Waals surface area contributed by atoms with Crippen molar-refractivity contribution in [3.05, 3.63) is 36.2 Å². The Kier molecular flexibility index (Phi) is 16.7. The lowest BCUT2D eigenvalue weighted by atomic mass is 10.1. The molecule has 0 bridgehead atoms. The van der Waals surface area contributed by atoms with Crippen LogP contribution in [0.2, 0.25) is 0 Å². The average Bonchev–Trinajstić information content (AvgIpc) is 2.79. The number of esters is 1. The summed E-state index contributed by atoms with van der Waals surface area (Å²) in [7, 11) is 0. The molecule has 1 amide bonds. The molecule has 0 spiro atoms. The number of aromatic nitrogens is 1. The third-order valence-corrected chi connectivity index (χ3v) is 5.31. The van der Waals surface area contributed by atoms with Crippen LogP contribution in [0.1, 0.15) is 107 Å². The van der Waals surface area contributed by atoms with Gasteiger partial charge in [0.25, 0.3) is 5.91 Å². The predicted octanol–water partition coefficient (Wildman–Crippen LogP) is 6.10. The number of allylic oxidation sites excluding steroid dienone is 2. The zero-order valence-electron chi connectivity index (χ0n) is 19.8. The van der Waals surface area contributed by atoms with E-state index in [1.165, 1.54) is 89.0 Å². The molecule has 0 aliphatic heterocycles. The Bertz CT molecular complexity index is 661. The maximum Gasteiger partial charge on any atom is 0.325 e. The van der Waals surface area contributed by atoms with Gasteiger partial charge in [-0.1, -0.05) is 76.9 Å². The highest BCUT2D eigenvalue weighted by Crippen LogP contribution is 2.12. The van der Waals surface area contributed by atoms with Gasteiger partial charge in [-0.15, -0.1) is 0 Å². The van der Waals surface area contributed by atoms with Crippen molar-refractivity contribution in [2.24, 2.45) is 0 Å². The number of unbranched alkanes of at least 4 members (excludes halogenated alkanes) is 12. The van der Waals surface area contributed by atoms with Gasteiger partial charge in [0.2, 0.25) is 0 Å². The molecule has 0 unspecified atom stereocenters. The standard InChI is InChI=1S/C26H42N2O4/c1-2-3-4-5-6-7-8-9-10-11-12-13-14-15-16-17-21-32-24(30)22-28-26(31)25-23(29)19-18-20-27-25/h9-10,18-20,29H,2-8,11-17,21-22H2,1H3,(H,28,31). The Hall–Kier alpha value is -2.37. The van der Waals surface area contributed by atoms with Crippen LogP contribution in [0.5, 0.6) is 5.75 Å². The van der Waals surface area contributed by atoms with Gasteiger partial charge in [0.1, 0.15) is 12.3 Å². The average molecular weight is 447 g/mol. The fourth-order valence-electron chi connectivity index (χ4n) is 3.39. The van der Waals surface area contributed by atoms with E-state index in [-0.39, 0.29) is 18.0 Å². The SMILES string of the molecule is CCCCCCCCC=CCCCCCCCCOC(=O)CNC(=O)c1ncccc1O. The number of nitrogens with one attached hydrogen (secondary N) is 1. The van der Waals surface area contributed by atoms with Gasteiger partial charge >= 0.3 is 5.97 Å². The molecule has 2 N–H and O–H groups in total. The number of rotatable bonds is 19. The lowest BCUT2D eigenvalue weighted by molar-refractivity contribution is -0.142. The summed E-state index contributed by atoms with van der Waals surface area (Å²) in [5.41, 5.74) is -0.103. The molecular weight excluding hydrogens is 404 g/mol. The van der Waals surface area contributed by atoms with Gasteiger partial charge in [-0.3, -0.25) is 9.59 Å². The maximum atomic E-state index is 11.9. The Morgan fingerprint density at radius 3 is 2.16 bits per heavy atom. The minimum absolute atomic E-state index is 0.103. The molecule has 180 valence electrons. The molecule has 0 saturated heterocycles. The van der Waals surface area contributed by atoms with E-state index in [4.69, 9.17) is 4.74 Å². The van der Waals surface area contributed by atoms with Crippen molar-refractivity contribution in [3.8, 4) is 5.75 Å². The summed E-state index contributed by atoms with van der Waals surface area (Å²) >= 11 is 0. The number of aromatic hydroxyl groups is 1. The molecule has 0 aliphatic rings. The number of carbonyl (C=O) groups excluding carboxylic acids is 2. The van der Waals surface area contributed by atoms with Crippen LogP contribution < -0.4 is 5.32 Å². The van der Waals surface area contributed by atoms with Gasteiger partial charge in [0, 0.05) is 6.20 Å². The lowest BCUT2D eigenvalue weighted by Crippen LogP contribution is -2.31. The number of amides is 1. The molecule has 1 rings (SSSR count). The van der Waals surface area contributed by atoms with E-state index in [1.807, 2.05) is 0 Å². The minimum atomic E-state index is -0.600. The fourth-order valence-corrected chi connectivity index (χ4v) is 3.39. The first-order valence-electron chi connectivity index (χ1n) is 12.4. The molecule has 0 fully saturated rings. The molecular formula is C26H42N2O4. The second-order valence-corrected chi connectivity index (χ2v) is 8.21. The van der Waals surface area contributed by atoms with E-state index in [0.29, 0.717) is 6.61 Å². The van der Waals surface area contributed by atoms with E-state index in [2.05, 4.69) is 29.4 Å². The summed E-state index contributed by atoms with van der Waals surface area (Å²) in [6.07, 6.45) is 23.3. The highest BCUT2D eigenvalue weighted by molar-refractivity contribution is 5.96. The number of carbonyl (C=O) groups is 2. The van der Waals surface area contributed by atoms with E-state index in [9.17, 15) is 14.7 Å². The monoisotopic (exact) mass is 446 g/mol. The molecule has 0 aromatic carbocycles. The van der Waals surface area contributed by atoms with E-state index in [1.54, 1.807) is 0 Å². The van der Waals surface area contributed by atoms with Crippen LogP contribution in [0.4, 0.5) is 0 Å². The van der Waals surface area contributed by atoms with Crippen LogP contribution in [-0.4, -0.2) is 35.1 Å². The van der Waals surface area contributed by atoms with Gasteiger partial charge in [0.05, 0.1) is 6.61 Å². The fraction of sp³-hybridized carbons (Fsp3) is 0.654. The van der Waals surface area contributed by atoms with E-state index < -0.39 is 11.9 Å². The quantitative estimate of drug-likeness (QED) is 0.152. The third-order valence-electron chi connectivity index (χ3n) is 5.31. The molecule has 6 heteroatoms. The normalized spacial score (nSPS) is 11.0. The molecule has 0 atom stereocenters. The molecule has 0 aliphatic carbocycles. The van der Waals surface area contributed by atoms with Crippen LogP contribution >= 0.6 is 0 Å². The van der Waals surface area contributed by atoms with Crippen molar-refractivity contribution in [2.75, 3.05) is 13.2 Å². The molecule has 6 nitrogen and oxygen atoms in total. The number of hydrogen-bond acceptors (Lipinski definition) is 5. The summed E-state index contributed by atoms with van der Waals surface area (Å²) in [6.45, 7) is 2.39. The first kappa shape index (κ1) is 27.7. The highest BCUT2D eigenvalue weighted by Gasteiger charge is 2.13. The van der Waals surface area contributed by atoms with Crippen LogP contribution in [0.25, 0.3) is 0 Å². The van der Waals surface area contributed by atoms with Gasteiger partial charge in [-0.2, -0.15) is 0 Å². The molecule has 0 saturated carbocycles. The van der Waals surface area contributed by atoms with Gasteiger partial charge < -0.3 is 15.2 Å². The van der Waals surface area contributed by atoms with Crippen molar-refractivity contribution in [1.29, 1.82) is 0 Å². The van der Waals surface area contributed by atoms with E-state index >= 15 is 0 Å². The van der Waals surface area contributed by atoms with Crippen LogP contribution in [0.15, 0.2) is 30.5 Å². The lowest BCUT2D eigenvalue weighted by Gasteiger charge is -2.07. The molecule has 1 aromatic heterocycles. The Labute approximate surface area is 193 Å². The highest BCUT2D eigenvalue weighted by atomic mass is 16.5. The van der Waals surface area contributed by atoms with Crippen molar-refractivity contribution in [2.45, 2.75) is 96.8 Å². The Morgan fingerprint density at radius 1 is 0.938 bits per heavy atom. The Balaban J connectivity index is 1.87. The number of pyridine rings is 1. The zero-order valence-corrected chi connectivity index (χ0v) is 19.8. The zero-order chi connectivity index (χ0) is 23.3. The molecule has 32 heavy (non-hydrogen) atoms. The first-order chi connectivity index (χ1) is 15.6. The minimum Gasteiger partial charge on any atom is -0.505 e.